The second kappa shape index (κ2) is 12.1. The molecule has 2 aromatic rings. The first-order chi connectivity index (χ1) is 20.9. The number of nitrogens with zero attached hydrogens (tertiary/aromatic N) is 1. The van der Waals surface area contributed by atoms with Crippen LogP contribution in [0.4, 0.5) is 0 Å². The normalized spacial score (nSPS) is 22.2. The van der Waals surface area contributed by atoms with Gasteiger partial charge in [-0.1, -0.05) is 75.0 Å². The van der Waals surface area contributed by atoms with Crippen LogP contribution in [0.25, 0.3) is 0 Å². The highest BCUT2D eigenvalue weighted by molar-refractivity contribution is 9.10. The zero-order valence-electron chi connectivity index (χ0n) is 26.5. The molecule has 7 heteroatoms. The number of Topliss-reactive ketones (excluding diaryl/α,β-unsaturated/α-hetero) is 2. The van der Waals surface area contributed by atoms with Gasteiger partial charge in [-0.15, -0.1) is 0 Å². The predicted octanol–water partition coefficient (Wildman–Crippen LogP) is 9.82. The summed E-state index contributed by atoms with van der Waals surface area (Å²) in [6.45, 7) is 9.21. The summed E-state index contributed by atoms with van der Waals surface area (Å²) < 4.78 is 13.9. The first-order valence-electron chi connectivity index (χ1n) is 15.9. The molecule has 0 bridgehead atoms. The largest absolute Gasteiger partial charge is 0.493 e. The van der Waals surface area contributed by atoms with Crippen molar-refractivity contribution in [3.05, 3.63) is 79.0 Å². The number of benzene rings is 2. The summed E-state index contributed by atoms with van der Waals surface area (Å²) in [5.41, 5.74) is 5.60. The molecule has 0 aromatic heterocycles. The van der Waals surface area contributed by atoms with Crippen LogP contribution in [0.1, 0.15) is 103 Å². The average molecular weight is 726 g/mol. The van der Waals surface area contributed by atoms with Gasteiger partial charge in [-0.3, -0.25) is 9.59 Å². The van der Waals surface area contributed by atoms with Crippen molar-refractivity contribution in [1.29, 1.82) is 0 Å². The minimum absolute atomic E-state index is 0.136. The van der Waals surface area contributed by atoms with Crippen molar-refractivity contribution in [3.8, 4) is 11.5 Å². The van der Waals surface area contributed by atoms with E-state index in [4.69, 9.17) is 9.47 Å². The maximum absolute atomic E-state index is 14.3. The quantitative estimate of drug-likeness (QED) is 0.297. The number of ether oxygens (including phenoxy) is 2. The predicted molar refractivity (Wildman–Crippen MR) is 181 cm³/mol. The van der Waals surface area contributed by atoms with Gasteiger partial charge in [0.05, 0.1) is 11.6 Å². The van der Waals surface area contributed by atoms with Gasteiger partial charge >= 0.3 is 0 Å². The molecular weight excluding hydrogens is 682 g/mol. The molecule has 234 valence electrons. The third-order valence-corrected chi connectivity index (χ3v) is 10.9. The van der Waals surface area contributed by atoms with Crippen LogP contribution in [-0.2, 0) is 16.2 Å². The minimum atomic E-state index is -0.419. The highest BCUT2D eigenvalue weighted by atomic mass is 79.9. The second-order valence-electron chi connectivity index (χ2n) is 14.6. The summed E-state index contributed by atoms with van der Waals surface area (Å²) in [6, 6.07) is 12.4. The van der Waals surface area contributed by atoms with Crippen molar-refractivity contribution in [1.82, 2.24) is 4.90 Å². The summed E-state index contributed by atoms with van der Waals surface area (Å²) in [7, 11) is 1.64. The Balaban J connectivity index is 1.50. The number of methoxy groups -OCH3 is 1. The summed E-state index contributed by atoms with van der Waals surface area (Å²) in [4.78, 5) is 31.0. The Labute approximate surface area is 278 Å². The molecule has 0 saturated heterocycles. The Kier molecular flexibility index (Phi) is 8.68. The molecule has 3 aliphatic carbocycles. The summed E-state index contributed by atoms with van der Waals surface area (Å²) in [6.07, 6.45) is 8.47. The number of rotatable bonds is 6. The van der Waals surface area contributed by atoms with Gasteiger partial charge in [0.1, 0.15) is 6.61 Å². The molecular formula is C37H43Br2NO4. The van der Waals surface area contributed by atoms with Crippen molar-refractivity contribution in [2.45, 2.75) is 104 Å². The molecule has 0 unspecified atom stereocenters. The van der Waals surface area contributed by atoms with E-state index in [0.717, 1.165) is 68.3 Å². The molecule has 1 heterocycles. The first kappa shape index (κ1) is 31.6. The van der Waals surface area contributed by atoms with Gasteiger partial charge in [-0.25, -0.2) is 0 Å². The van der Waals surface area contributed by atoms with Crippen LogP contribution < -0.4 is 9.47 Å². The number of hydrogen-bond acceptors (Lipinski definition) is 5. The molecule has 0 atom stereocenters. The molecule has 2 aromatic carbocycles. The van der Waals surface area contributed by atoms with E-state index in [-0.39, 0.29) is 22.4 Å². The van der Waals surface area contributed by atoms with Crippen LogP contribution in [0.15, 0.2) is 67.9 Å². The van der Waals surface area contributed by atoms with E-state index in [1.807, 2.05) is 36.4 Å². The third-order valence-electron chi connectivity index (χ3n) is 9.77. The van der Waals surface area contributed by atoms with Crippen molar-refractivity contribution in [2.75, 3.05) is 7.11 Å². The van der Waals surface area contributed by atoms with E-state index in [2.05, 4.69) is 64.5 Å². The standard InChI is InChI=1S/C37H43Br2NO4/c1-36(2)17-27-33(29(41)19-36)32(34-28(18-37(3,4)20-30(34)42)40(27)25-9-7-6-8-10-25)23-15-26(39)35(31(16-23)43-5)44-21-22-11-13-24(38)14-12-22/h11-16,25,32H,6-10,17-21H2,1-5H3. The Morgan fingerprint density at radius 1 is 0.818 bits per heavy atom. The number of halogens is 2. The smallest absolute Gasteiger partial charge is 0.175 e. The lowest BCUT2D eigenvalue weighted by molar-refractivity contribution is -0.119. The van der Waals surface area contributed by atoms with Gasteiger partial charge in [0, 0.05) is 51.8 Å². The van der Waals surface area contributed by atoms with Crippen molar-refractivity contribution in [3.63, 3.8) is 0 Å². The fourth-order valence-electron chi connectivity index (χ4n) is 7.89. The maximum atomic E-state index is 14.3. The maximum Gasteiger partial charge on any atom is 0.175 e. The fourth-order valence-corrected chi connectivity index (χ4v) is 8.73. The summed E-state index contributed by atoms with van der Waals surface area (Å²) >= 11 is 7.27. The van der Waals surface area contributed by atoms with Crippen LogP contribution in [0.2, 0.25) is 0 Å². The number of allylic oxidation sites excluding steroid dienone is 4. The first-order valence-corrected chi connectivity index (χ1v) is 17.5. The minimum Gasteiger partial charge on any atom is -0.493 e. The van der Waals surface area contributed by atoms with Gasteiger partial charge in [-0.2, -0.15) is 0 Å². The lowest BCUT2D eigenvalue weighted by Gasteiger charge is -2.52. The van der Waals surface area contributed by atoms with E-state index in [9.17, 15) is 9.59 Å². The highest BCUT2D eigenvalue weighted by Crippen LogP contribution is 2.56. The molecule has 1 saturated carbocycles. The molecule has 44 heavy (non-hydrogen) atoms. The van der Waals surface area contributed by atoms with Gasteiger partial charge in [-0.05, 0) is 87.8 Å². The highest BCUT2D eigenvalue weighted by Gasteiger charge is 2.50. The molecule has 1 aliphatic heterocycles. The Morgan fingerprint density at radius 3 is 1.93 bits per heavy atom. The van der Waals surface area contributed by atoms with Gasteiger partial charge in [0.15, 0.2) is 23.1 Å². The number of ketones is 2. The van der Waals surface area contributed by atoms with Crippen molar-refractivity contribution < 1.29 is 19.1 Å². The van der Waals surface area contributed by atoms with Crippen LogP contribution >= 0.6 is 31.9 Å². The van der Waals surface area contributed by atoms with Gasteiger partial charge in [0.2, 0.25) is 0 Å². The van der Waals surface area contributed by atoms with Crippen LogP contribution in [0.3, 0.4) is 0 Å². The van der Waals surface area contributed by atoms with E-state index in [0.29, 0.717) is 37.0 Å². The van der Waals surface area contributed by atoms with E-state index in [1.165, 1.54) is 19.3 Å². The third kappa shape index (κ3) is 6.08. The molecule has 0 spiro atoms. The van der Waals surface area contributed by atoms with Crippen molar-refractivity contribution >= 4 is 43.4 Å². The summed E-state index contributed by atoms with van der Waals surface area (Å²) in [5, 5.41) is 0. The van der Waals surface area contributed by atoms with Crippen LogP contribution in [-0.4, -0.2) is 29.6 Å². The average Bonchev–Trinajstić information content (AvgIpc) is 2.95. The number of carbonyl (C=O) groups excluding carboxylic acids is 2. The fraction of sp³-hybridized carbons (Fsp3) is 0.514. The number of hydrogen-bond donors (Lipinski definition) is 0. The van der Waals surface area contributed by atoms with E-state index in [1.54, 1.807) is 7.11 Å². The Bertz CT molecular complexity index is 1490. The molecule has 5 nitrogen and oxygen atoms in total. The Hall–Kier alpha value is -2.38. The molecule has 0 N–H and O–H groups in total. The zero-order valence-corrected chi connectivity index (χ0v) is 29.7. The van der Waals surface area contributed by atoms with Crippen LogP contribution in [0.5, 0.6) is 11.5 Å². The van der Waals surface area contributed by atoms with Gasteiger partial charge < -0.3 is 14.4 Å². The van der Waals surface area contributed by atoms with Gasteiger partial charge in [0.25, 0.3) is 0 Å². The molecule has 4 aliphatic rings. The second-order valence-corrected chi connectivity index (χ2v) is 16.4. The SMILES string of the molecule is COc1cc(C2C3=C(CC(C)(C)CC3=O)N(C3CCCCC3)C3=C2C(=O)CC(C)(C)C3)cc(Br)c1OCc1ccc(Br)cc1. The molecule has 0 radical (unpaired) electrons. The van der Waals surface area contributed by atoms with E-state index >= 15 is 0 Å². The Morgan fingerprint density at radius 2 is 1.39 bits per heavy atom. The number of carbonyl (C=O) groups is 2. The zero-order chi connectivity index (χ0) is 31.4. The van der Waals surface area contributed by atoms with Crippen molar-refractivity contribution in [2.24, 2.45) is 10.8 Å². The summed E-state index contributed by atoms with van der Waals surface area (Å²) in [5.74, 6) is 1.10. The lowest BCUT2D eigenvalue weighted by atomic mass is 9.63. The molecule has 1 fully saturated rings. The van der Waals surface area contributed by atoms with E-state index < -0.39 is 5.92 Å². The molecule has 6 rings (SSSR count). The topological polar surface area (TPSA) is 55.8 Å². The molecule has 0 amide bonds. The monoisotopic (exact) mass is 723 g/mol. The van der Waals surface area contributed by atoms with Crippen LogP contribution in [0, 0.1) is 10.8 Å². The lowest BCUT2D eigenvalue weighted by Crippen LogP contribution is -2.48.